The standard InChI is InChI=1S/C12H21N3O/c1-9(8-16)5-4-6-13-12-11(3)14-7-10(2)15-12/h7,9,16H,4-6,8H2,1-3H3,(H,13,15). The molecule has 1 atom stereocenters. The van der Waals surface area contributed by atoms with Crippen LogP contribution in [0.3, 0.4) is 0 Å². The van der Waals surface area contributed by atoms with Crippen molar-refractivity contribution in [3.05, 3.63) is 17.6 Å². The van der Waals surface area contributed by atoms with Crippen molar-refractivity contribution in [2.24, 2.45) is 5.92 Å². The second-order valence-corrected chi connectivity index (χ2v) is 4.30. The summed E-state index contributed by atoms with van der Waals surface area (Å²) in [7, 11) is 0. The van der Waals surface area contributed by atoms with Crippen LogP contribution < -0.4 is 5.32 Å². The Hall–Kier alpha value is -1.16. The van der Waals surface area contributed by atoms with Gasteiger partial charge < -0.3 is 10.4 Å². The van der Waals surface area contributed by atoms with Crippen molar-refractivity contribution in [3.8, 4) is 0 Å². The van der Waals surface area contributed by atoms with Crippen LogP contribution in [-0.4, -0.2) is 28.2 Å². The lowest BCUT2D eigenvalue weighted by Crippen LogP contribution is -2.09. The summed E-state index contributed by atoms with van der Waals surface area (Å²) in [6, 6.07) is 0. The molecule has 0 spiro atoms. The molecule has 0 aliphatic heterocycles. The second-order valence-electron chi connectivity index (χ2n) is 4.30. The van der Waals surface area contributed by atoms with Crippen LogP contribution in [0, 0.1) is 19.8 Å². The first-order valence-corrected chi connectivity index (χ1v) is 5.78. The van der Waals surface area contributed by atoms with Crippen LogP contribution in [0.5, 0.6) is 0 Å². The Morgan fingerprint density at radius 3 is 2.88 bits per heavy atom. The highest BCUT2D eigenvalue weighted by molar-refractivity contribution is 5.39. The summed E-state index contributed by atoms with van der Waals surface area (Å²) in [5, 5.41) is 12.2. The molecular formula is C12H21N3O. The van der Waals surface area contributed by atoms with E-state index in [0.29, 0.717) is 5.92 Å². The lowest BCUT2D eigenvalue weighted by Gasteiger charge is -2.10. The molecule has 0 fully saturated rings. The van der Waals surface area contributed by atoms with Crippen LogP contribution in [0.4, 0.5) is 5.82 Å². The first kappa shape index (κ1) is 12.9. The van der Waals surface area contributed by atoms with E-state index in [9.17, 15) is 0 Å². The van der Waals surface area contributed by atoms with E-state index in [1.54, 1.807) is 6.20 Å². The van der Waals surface area contributed by atoms with Crippen LogP contribution in [-0.2, 0) is 0 Å². The van der Waals surface area contributed by atoms with Crippen LogP contribution >= 0.6 is 0 Å². The summed E-state index contributed by atoms with van der Waals surface area (Å²) in [4.78, 5) is 8.63. The Labute approximate surface area is 97.1 Å². The minimum Gasteiger partial charge on any atom is -0.396 e. The molecule has 0 aromatic carbocycles. The van der Waals surface area contributed by atoms with E-state index in [0.717, 1.165) is 36.6 Å². The number of nitrogens with zero attached hydrogens (tertiary/aromatic N) is 2. The van der Waals surface area contributed by atoms with Gasteiger partial charge in [-0.2, -0.15) is 0 Å². The minimum absolute atomic E-state index is 0.267. The predicted octanol–water partition coefficient (Wildman–Crippen LogP) is 1.91. The smallest absolute Gasteiger partial charge is 0.147 e. The molecule has 0 aliphatic rings. The van der Waals surface area contributed by atoms with Gasteiger partial charge in [-0.3, -0.25) is 4.98 Å². The van der Waals surface area contributed by atoms with Crippen molar-refractivity contribution in [3.63, 3.8) is 0 Å². The molecule has 0 aliphatic carbocycles. The molecule has 90 valence electrons. The van der Waals surface area contributed by atoms with Crippen molar-refractivity contribution >= 4 is 5.82 Å². The van der Waals surface area contributed by atoms with E-state index in [1.165, 1.54) is 0 Å². The van der Waals surface area contributed by atoms with Gasteiger partial charge in [0.15, 0.2) is 0 Å². The molecule has 16 heavy (non-hydrogen) atoms. The first-order valence-electron chi connectivity index (χ1n) is 5.78. The van der Waals surface area contributed by atoms with Crippen molar-refractivity contribution in [1.82, 2.24) is 9.97 Å². The summed E-state index contributed by atoms with van der Waals surface area (Å²) < 4.78 is 0. The van der Waals surface area contributed by atoms with Crippen LogP contribution in [0.15, 0.2) is 6.20 Å². The van der Waals surface area contributed by atoms with Gasteiger partial charge in [0.1, 0.15) is 5.82 Å². The number of anilines is 1. The molecule has 1 heterocycles. The third kappa shape index (κ3) is 4.14. The predicted molar refractivity (Wildman–Crippen MR) is 65.5 cm³/mol. The van der Waals surface area contributed by atoms with E-state index in [2.05, 4.69) is 22.2 Å². The molecule has 0 amide bonds. The van der Waals surface area contributed by atoms with Gasteiger partial charge in [0.05, 0.1) is 11.4 Å². The van der Waals surface area contributed by atoms with E-state index < -0.39 is 0 Å². The molecule has 1 aromatic rings. The molecule has 1 rings (SSSR count). The van der Waals surface area contributed by atoms with Gasteiger partial charge in [-0.15, -0.1) is 0 Å². The zero-order valence-corrected chi connectivity index (χ0v) is 10.3. The van der Waals surface area contributed by atoms with Crippen molar-refractivity contribution in [2.75, 3.05) is 18.5 Å². The zero-order chi connectivity index (χ0) is 12.0. The normalized spacial score (nSPS) is 12.5. The molecule has 0 saturated carbocycles. The maximum Gasteiger partial charge on any atom is 0.147 e. The fourth-order valence-electron chi connectivity index (χ4n) is 1.45. The molecule has 0 bridgehead atoms. The molecule has 2 N–H and O–H groups in total. The Balaban J connectivity index is 2.34. The highest BCUT2D eigenvalue weighted by Gasteiger charge is 2.02. The number of rotatable bonds is 6. The number of nitrogens with one attached hydrogen (secondary N) is 1. The second kappa shape index (κ2) is 6.43. The molecule has 4 heteroatoms. The average molecular weight is 223 g/mol. The van der Waals surface area contributed by atoms with Crippen LogP contribution in [0.25, 0.3) is 0 Å². The molecule has 0 saturated heterocycles. The number of hydrogen-bond acceptors (Lipinski definition) is 4. The zero-order valence-electron chi connectivity index (χ0n) is 10.3. The summed E-state index contributed by atoms with van der Waals surface area (Å²) in [5.74, 6) is 1.25. The lowest BCUT2D eigenvalue weighted by molar-refractivity contribution is 0.229. The Kier molecular flexibility index (Phi) is 5.19. The van der Waals surface area contributed by atoms with Gasteiger partial charge in [0.25, 0.3) is 0 Å². The molecule has 0 radical (unpaired) electrons. The van der Waals surface area contributed by atoms with Crippen molar-refractivity contribution in [2.45, 2.75) is 33.6 Å². The summed E-state index contributed by atoms with van der Waals surface area (Å²) in [6.07, 6.45) is 3.84. The number of aryl methyl sites for hydroxylation is 2. The molecule has 4 nitrogen and oxygen atoms in total. The van der Waals surface area contributed by atoms with E-state index in [4.69, 9.17) is 5.11 Å². The minimum atomic E-state index is 0.267. The monoisotopic (exact) mass is 223 g/mol. The number of aliphatic hydroxyl groups excluding tert-OH is 1. The highest BCUT2D eigenvalue weighted by Crippen LogP contribution is 2.10. The van der Waals surface area contributed by atoms with Crippen molar-refractivity contribution < 1.29 is 5.11 Å². The number of aromatic nitrogens is 2. The SMILES string of the molecule is Cc1cnc(C)c(NCCCC(C)CO)n1. The average Bonchev–Trinajstić information content (AvgIpc) is 2.28. The van der Waals surface area contributed by atoms with E-state index >= 15 is 0 Å². The van der Waals surface area contributed by atoms with Crippen molar-refractivity contribution in [1.29, 1.82) is 0 Å². The summed E-state index contributed by atoms with van der Waals surface area (Å²) >= 11 is 0. The molecule has 1 aromatic heterocycles. The first-order chi connectivity index (χ1) is 7.63. The van der Waals surface area contributed by atoms with Gasteiger partial charge in [-0.05, 0) is 32.6 Å². The maximum absolute atomic E-state index is 8.89. The number of hydrogen-bond donors (Lipinski definition) is 2. The highest BCUT2D eigenvalue weighted by atomic mass is 16.3. The Morgan fingerprint density at radius 1 is 1.44 bits per heavy atom. The van der Waals surface area contributed by atoms with Gasteiger partial charge in [-0.1, -0.05) is 6.92 Å². The fraction of sp³-hybridized carbons (Fsp3) is 0.667. The number of aliphatic hydroxyl groups is 1. The lowest BCUT2D eigenvalue weighted by atomic mass is 10.1. The Morgan fingerprint density at radius 2 is 2.19 bits per heavy atom. The van der Waals surface area contributed by atoms with Gasteiger partial charge >= 0.3 is 0 Å². The third-order valence-electron chi connectivity index (χ3n) is 2.55. The van der Waals surface area contributed by atoms with E-state index in [1.807, 2.05) is 13.8 Å². The molecular weight excluding hydrogens is 202 g/mol. The van der Waals surface area contributed by atoms with Gasteiger partial charge in [-0.25, -0.2) is 4.98 Å². The maximum atomic E-state index is 8.89. The Bertz CT molecular complexity index is 328. The van der Waals surface area contributed by atoms with Gasteiger partial charge in [0.2, 0.25) is 0 Å². The fourth-order valence-corrected chi connectivity index (χ4v) is 1.45. The van der Waals surface area contributed by atoms with Crippen LogP contribution in [0.1, 0.15) is 31.2 Å². The molecule has 1 unspecified atom stereocenters. The topological polar surface area (TPSA) is 58.0 Å². The van der Waals surface area contributed by atoms with Crippen LogP contribution in [0.2, 0.25) is 0 Å². The summed E-state index contributed by atoms with van der Waals surface area (Å²) in [6.45, 7) is 7.08. The van der Waals surface area contributed by atoms with E-state index in [-0.39, 0.29) is 6.61 Å². The largest absolute Gasteiger partial charge is 0.396 e. The summed E-state index contributed by atoms with van der Waals surface area (Å²) in [5.41, 5.74) is 1.86. The third-order valence-corrected chi connectivity index (χ3v) is 2.55. The van der Waals surface area contributed by atoms with Gasteiger partial charge in [0, 0.05) is 19.3 Å². The quantitative estimate of drug-likeness (QED) is 0.723.